The first kappa shape index (κ1) is 26.3. The summed E-state index contributed by atoms with van der Waals surface area (Å²) in [5.74, 6) is -0.726. The maximum atomic E-state index is 15.0. The van der Waals surface area contributed by atoms with Crippen LogP contribution in [0.2, 0.25) is 0 Å². The Bertz CT molecular complexity index is 2280. The van der Waals surface area contributed by atoms with E-state index in [1.807, 2.05) is 29.6 Å². The summed E-state index contributed by atoms with van der Waals surface area (Å²) in [5, 5.41) is 2.30. The van der Waals surface area contributed by atoms with Gasteiger partial charge in [0.2, 0.25) is 0 Å². The summed E-state index contributed by atoms with van der Waals surface area (Å²) in [6, 6.07) is 12.0. The molecule has 2 nitrogen and oxygen atoms in total. The van der Waals surface area contributed by atoms with E-state index >= 15 is 4.39 Å². The summed E-state index contributed by atoms with van der Waals surface area (Å²) in [4.78, 5) is 9.64. The van der Waals surface area contributed by atoms with Crippen molar-refractivity contribution in [2.45, 2.75) is 27.7 Å². The average Bonchev–Trinajstić information content (AvgIpc) is 3.75. The van der Waals surface area contributed by atoms with Crippen LogP contribution in [-0.2, 0) is 0 Å². The lowest BCUT2D eigenvalue weighted by atomic mass is 10.1. The Morgan fingerprint density at radius 3 is 1.63 bits per heavy atom. The molecule has 0 saturated carbocycles. The Morgan fingerprint density at radius 1 is 0.512 bits per heavy atom. The van der Waals surface area contributed by atoms with Crippen LogP contribution in [0.1, 0.15) is 20.9 Å². The van der Waals surface area contributed by atoms with Crippen molar-refractivity contribution in [3.63, 3.8) is 0 Å². The van der Waals surface area contributed by atoms with E-state index in [1.165, 1.54) is 75.4 Å². The maximum absolute atomic E-state index is 15.0. The molecule has 0 aliphatic carbocycles. The standard InChI is InChI=1S/C30H18F2N2S7/c1-11-5-19(36-14(11)4)21-8-15-24-25(34-41-33-24)16-9-22(39-28(16)27(15)38-21)20-6-12(2)26(37-20)23-10-18(32)30(40-23)29-17(31)7-13(3)35-29/h5-10H,1-4H3. The Morgan fingerprint density at radius 2 is 1.05 bits per heavy atom. The molecule has 8 rings (SSSR count). The van der Waals surface area contributed by atoms with Crippen molar-refractivity contribution in [2.75, 3.05) is 0 Å². The third-order valence-corrected chi connectivity index (χ3v) is 15.4. The van der Waals surface area contributed by atoms with E-state index in [2.05, 4.69) is 45.0 Å². The molecule has 0 unspecified atom stereocenters. The van der Waals surface area contributed by atoms with Crippen LogP contribution in [0.5, 0.6) is 0 Å². The van der Waals surface area contributed by atoms with Crippen LogP contribution in [0, 0.1) is 39.3 Å². The van der Waals surface area contributed by atoms with Crippen LogP contribution in [0.15, 0.2) is 36.4 Å². The minimum atomic E-state index is -0.368. The highest BCUT2D eigenvalue weighted by Gasteiger charge is 2.23. The number of benzene rings is 1. The number of aryl methyl sites for hydroxylation is 4. The van der Waals surface area contributed by atoms with Gasteiger partial charge in [0.1, 0.15) is 22.7 Å². The van der Waals surface area contributed by atoms with Gasteiger partial charge in [0.05, 0.1) is 30.9 Å². The lowest BCUT2D eigenvalue weighted by Gasteiger charge is -1.94. The quantitative estimate of drug-likeness (QED) is 0.186. The second-order valence-corrected chi connectivity index (χ2v) is 17.2. The minimum Gasteiger partial charge on any atom is -0.205 e. The number of hydrogen-bond donors (Lipinski definition) is 0. The van der Waals surface area contributed by atoms with Crippen molar-refractivity contribution in [3.05, 3.63) is 68.9 Å². The summed E-state index contributed by atoms with van der Waals surface area (Å²) in [6.45, 7) is 8.24. The van der Waals surface area contributed by atoms with E-state index in [0.29, 0.717) is 9.75 Å². The van der Waals surface area contributed by atoms with E-state index < -0.39 is 0 Å². The van der Waals surface area contributed by atoms with Crippen molar-refractivity contribution in [3.8, 4) is 39.0 Å². The van der Waals surface area contributed by atoms with E-state index in [9.17, 15) is 4.39 Å². The van der Waals surface area contributed by atoms with E-state index in [4.69, 9.17) is 8.75 Å². The van der Waals surface area contributed by atoms with Crippen LogP contribution in [0.4, 0.5) is 8.78 Å². The highest BCUT2D eigenvalue weighted by Crippen LogP contribution is 2.51. The Labute approximate surface area is 262 Å². The Balaban J connectivity index is 1.26. The number of fused-ring (bicyclic) bond motifs is 6. The molecule has 0 fully saturated rings. The molecule has 0 amide bonds. The molecule has 8 aromatic rings. The fourth-order valence-electron chi connectivity index (χ4n) is 5.07. The number of nitrogens with zero attached hydrogens (tertiary/aromatic N) is 2. The molecule has 1 aromatic carbocycles. The Hall–Kier alpha value is -2.38. The second kappa shape index (κ2) is 9.57. The zero-order valence-corrected chi connectivity index (χ0v) is 27.7. The number of aromatic nitrogens is 2. The molecule has 0 spiro atoms. The normalized spacial score (nSPS) is 12.1. The average molecular weight is 669 g/mol. The van der Waals surface area contributed by atoms with Crippen molar-refractivity contribution in [1.29, 1.82) is 0 Å². The van der Waals surface area contributed by atoms with E-state index in [-0.39, 0.29) is 11.6 Å². The SMILES string of the molecule is Cc1cc(F)c(-c2sc(-c3sc(-c4cc5c6nsnc6c6cc(-c7cc(C)c(C)s7)sc6c5s4)cc3C)cc2F)s1. The fraction of sp³-hybridized carbons (Fsp3) is 0.133. The second-order valence-electron chi connectivity index (χ2n) is 9.96. The maximum Gasteiger partial charge on any atom is 0.143 e. The van der Waals surface area contributed by atoms with Gasteiger partial charge in [-0.3, -0.25) is 0 Å². The molecule has 41 heavy (non-hydrogen) atoms. The van der Waals surface area contributed by atoms with Gasteiger partial charge in [-0.2, -0.15) is 8.75 Å². The molecule has 7 aromatic heterocycles. The van der Waals surface area contributed by atoms with Crippen LogP contribution in [0.25, 0.3) is 70.2 Å². The zero-order chi connectivity index (χ0) is 28.2. The highest BCUT2D eigenvalue weighted by molar-refractivity contribution is 7.33. The molecule has 7 heterocycles. The molecule has 0 atom stereocenters. The molecule has 0 N–H and O–H groups in total. The number of halogens is 2. The van der Waals surface area contributed by atoms with Gasteiger partial charge in [-0.1, -0.05) is 0 Å². The lowest BCUT2D eigenvalue weighted by molar-refractivity contribution is 0.623. The van der Waals surface area contributed by atoms with E-state index in [0.717, 1.165) is 46.4 Å². The first-order valence-electron chi connectivity index (χ1n) is 12.6. The van der Waals surface area contributed by atoms with Crippen LogP contribution in [-0.4, -0.2) is 8.75 Å². The van der Waals surface area contributed by atoms with Gasteiger partial charge in [0, 0.05) is 49.8 Å². The third-order valence-electron chi connectivity index (χ3n) is 7.17. The molecule has 0 aliphatic rings. The topological polar surface area (TPSA) is 25.8 Å². The first-order chi connectivity index (χ1) is 19.7. The third kappa shape index (κ3) is 4.12. The molecule has 11 heteroatoms. The lowest BCUT2D eigenvalue weighted by Crippen LogP contribution is -1.74. The molecule has 0 saturated heterocycles. The molecule has 204 valence electrons. The van der Waals surface area contributed by atoms with Gasteiger partial charge in [-0.15, -0.1) is 68.0 Å². The first-order valence-corrected chi connectivity index (χ1v) is 18.2. The van der Waals surface area contributed by atoms with E-state index in [1.54, 1.807) is 28.7 Å². The summed E-state index contributed by atoms with van der Waals surface area (Å²) in [5.41, 5.74) is 4.33. The summed E-state index contributed by atoms with van der Waals surface area (Å²) in [6.07, 6.45) is 0. The predicted molar refractivity (Wildman–Crippen MR) is 180 cm³/mol. The van der Waals surface area contributed by atoms with Gasteiger partial charge in [0.25, 0.3) is 0 Å². The van der Waals surface area contributed by atoms with Gasteiger partial charge in [-0.25, -0.2) is 8.78 Å². The van der Waals surface area contributed by atoms with Crippen molar-refractivity contribution in [1.82, 2.24) is 8.75 Å². The Kier molecular flexibility index (Phi) is 6.13. The van der Waals surface area contributed by atoms with Crippen molar-refractivity contribution in [2.24, 2.45) is 0 Å². The van der Waals surface area contributed by atoms with Gasteiger partial charge < -0.3 is 0 Å². The van der Waals surface area contributed by atoms with Crippen LogP contribution < -0.4 is 0 Å². The fourth-order valence-corrected chi connectivity index (χ4v) is 12.7. The van der Waals surface area contributed by atoms with Crippen LogP contribution >= 0.6 is 79.7 Å². The number of thiophene rings is 6. The summed E-state index contributed by atoms with van der Waals surface area (Å²) in [7, 11) is 0. The van der Waals surface area contributed by atoms with Crippen molar-refractivity contribution >= 4 is 111 Å². The van der Waals surface area contributed by atoms with Gasteiger partial charge in [-0.05, 0) is 75.2 Å². The zero-order valence-electron chi connectivity index (χ0n) is 22.0. The van der Waals surface area contributed by atoms with Gasteiger partial charge in [0.15, 0.2) is 0 Å². The molecular weight excluding hydrogens is 651 g/mol. The van der Waals surface area contributed by atoms with Crippen LogP contribution in [0.3, 0.4) is 0 Å². The largest absolute Gasteiger partial charge is 0.205 e. The van der Waals surface area contributed by atoms with Crippen molar-refractivity contribution < 1.29 is 8.78 Å². The minimum absolute atomic E-state index is 0.357. The number of hydrogen-bond acceptors (Lipinski definition) is 9. The monoisotopic (exact) mass is 668 g/mol. The molecule has 0 radical (unpaired) electrons. The molecule has 0 aliphatic heterocycles. The highest BCUT2D eigenvalue weighted by atomic mass is 32.1. The smallest absolute Gasteiger partial charge is 0.143 e. The molecular formula is C30H18F2N2S7. The molecule has 0 bridgehead atoms. The predicted octanol–water partition coefficient (Wildman–Crippen LogP) is 12.5. The number of rotatable bonds is 4. The van der Waals surface area contributed by atoms with Gasteiger partial charge >= 0.3 is 0 Å². The summed E-state index contributed by atoms with van der Waals surface area (Å²) >= 11 is 11.0. The summed E-state index contributed by atoms with van der Waals surface area (Å²) < 4.78 is 41.4.